The van der Waals surface area contributed by atoms with Gasteiger partial charge in [0.15, 0.2) is 6.29 Å². The summed E-state index contributed by atoms with van der Waals surface area (Å²) >= 11 is 0. The lowest BCUT2D eigenvalue weighted by Crippen LogP contribution is -2.51. The molecule has 2 heterocycles. The average molecular weight is 657 g/mol. The van der Waals surface area contributed by atoms with Crippen LogP contribution >= 0.6 is 0 Å². The van der Waals surface area contributed by atoms with Crippen LogP contribution in [0, 0.1) is 5.92 Å². The van der Waals surface area contributed by atoms with Gasteiger partial charge in [-0.15, -0.1) is 0 Å². The van der Waals surface area contributed by atoms with E-state index in [1.54, 1.807) is 0 Å². The smallest absolute Gasteiger partial charge is 0.220 e. The molecule has 2 aliphatic rings. The quantitative estimate of drug-likeness (QED) is 0.196. The van der Waals surface area contributed by atoms with Crippen LogP contribution < -0.4 is 10.6 Å². The molecule has 0 aromatic heterocycles. The summed E-state index contributed by atoms with van der Waals surface area (Å²) in [5, 5.41) is 15.4. The fourth-order valence-electron chi connectivity index (χ4n) is 6.49. The zero-order valence-electron chi connectivity index (χ0n) is 28.5. The molecule has 2 saturated heterocycles. The predicted molar refractivity (Wildman–Crippen MR) is 187 cm³/mol. The van der Waals surface area contributed by atoms with Crippen molar-refractivity contribution in [3.63, 3.8) is 0 Å². The van der Waals surface area contributed by atoms with Crippen LogP contribution in [-0.4, -0.2) is 72.1 Å². The molecule has 2 fully saturated rings. The van der Waals surface area contributed by atoms with Crippen molar-refractivity contribution in [2.24, 2.45) is 5.92 Å². The molecular formula is C39H52N4O5. The summed E-state index contributed by atoms with van der Waals surface area (Å²) < 4.78 is 13.4. The lowest BCUT2D eigenvalue weighted by atomic mass is 9.90. The number of amides is 2. The highest BCUT2D eigenvalue weighted by Gasteiger charge is 2.39. The number of benzene rings is 3. The van der Waals surface area contributed by atoms with E-state index >= 15 is 0 Å². The first-order valence-corrected chi connectivity index (χ1v) is 17.5. The summed E-state index contributed by atoms with van der Waals surface area (Å²) in [5.74, 6) is 0.140. The molecule has 4 unspecified atom stereocenters. The molecule has 2 amide bonds. The number of hydrogen-bond acceptors (Lipinski definition) is 7. The second kappa shape index (κ2) is 18.2. The van der Waals surface area contributed by atoms with Crippen LogP contribution in [0.3, 0.4) is 0 Å². The summed E-state index contributed by atoms with van der Waals surface area (Å²) in [7, 11) is 0. The number of aliphatic hydroxyl groups is 1. The number of nitrogens with one attached hydrogen (secondary N) is 2. The summed E-state index contributed by atoms with van der Waals surface area (Å²) in [6.45, 7) is 10.7. The van der Waals surface area contributed by atoms with Gasteiger partial charge in [0.1, 0.15) is 0 Å². The van der Waals surface area contributed by atoms with Gasteiger partial charge in [0.2, 0.25) is 11.8 Å². The Morgan fingerprint density at radius 1 is 0.771 bits per heavy atom. The van der Waals surface area contributed by atoms with E-state index in [1.807, 2.05) is 36.4 Å². The van der Waals surface area contributed by atoms with Gasteiger partial charge >= 0.3 is 0 Å². The SMILES string of the molecule is CC(=O)NCCCCCC(=O)NCc1ccc(C2OC(CN3CCN(Cc4ccccc4)CC3)C(C)C(c3ccc(CO)cc3)O2)cc1. The first kappa shape index (κ1) is 35.7. The zero-order valence-corrected chi connectivity index (χ0v) is 28.5. The molecule has 5 rings (SSSR count). The van der Waals surface area contributed by atoms with Crippen molar-refractivity contribution in [3.8, 4) is 0 Å². The number of aliphatic hydroxyl groups excluding tert-OH is 1. The minimum atomic E-state index is -0.519. The molecule has 9 heteroatoms. The maximum absolute atomic E-state index is 12.4. The number of nitrogens with zero attached hydrogens (tertiary/aromatic N) is 2. The Kier molecular flexibility index (Phi) is 13.6. The number of unbranched alkanes of at least 4 members (excludes halogenated alkanes) is 2. The van der Waals surface area contributed by atoms with Crippen molar-refractivity contribution >= 4 is 11.8 Å². The van der Waals surface area contributed by atoms with Crippen LogP contribution in [0.1, 0.15) is 79.7 Å². The van der Waals surface area contributed by atoms with Crippen molar-refractivity contribution < 1.29 is 24.2 Å². The van der Waals surface area contributed by atoms with Gasteiger partial charge in [0, 0.05) is 77.2 Å². The summed E-state index contributed by atoms with van der Waals surface area (Å²) in [4.78, 5) is 28.4. The first-order valence-electron chi connectivity index (χ1n) is 17.5. The van der Waals surface area contributed by atoms with Crippen LogP contribution in [0.5, 0.6) is 0 Å². The summed E-state index contributed by atoms with van der Waals surface area (Å²) in [6, 6.07) is 26.8. The van der Waals surface area contributed by atoms with Crippen molar-refractivity contribution in [3.05, 3.63) is 107 Å². The Morgan fingerprint density at radius 2 is 1.44 bits per heavy atom. The number of carbonyl (C=O) groups is 2. The topological polar surface area (TPSA) is 103 Å². The highest BCUT2D eigenvalue weighted by Crippen LogP contribution is 2.42. The third-order valence-corrected chi connectivity index (χ3v) is 9.47. The third-order valence-electron chi connectivity index (χ3n) is 9.47. The van der Waals surface area contributed by atoms with Gasteiger partial charge < -0.3 is 25.2 Å². The summed E-state index contributed by atoms with van der Waals surface area (Å²) in [6.07, 6.45) is 2.36. The molecule has 0 bridgehead atoms. The molecule has 3 aromatic rings. The lowest BCUT2D eigenvalue weighted by molar-refractivity contribution is -0.276. The van der Waals surface area contributed by atoms with Gasteiger partial charge in [-0.1, -0.05) is 92.2 Å². The highest BCUT2D eigenvalue weighted by molar-refractivity contribution is 5.75. The van der Waals surface area contributed by atoms with Gasteiger partial charge in [-0.2, -0.15) is 0 Å². The van der Waals surface area contributed by atoms with Crippen molar-refractivity contribution in [2.75, 3.05) is 39.3 Å². The number of carbonyl (C=O) groups excluding carboxylic acids is 2. The molecule has 3 aromatic carbocycles. The minimum Gasteiger partial charge on any atom is -0.392 e. The molecule has 258 valence electrons. The van der Waals surface area contributed by atoms with Crippen molar-refractivity contribution in [2.45, 2.75) is 77.7 Å². The Morgan fingerprint density at radius 3 is 2.12 bits per heavy atom. The number of piperazine rings is 1. The molecule has 48 heavy (non-hydrogen) atoms. The fraction of sp³-hybridized carbons (Fsp3) is 0.487. The van der Waals surface area contributed by atoms with Gasteiger partial charge in [-0.3, -0.25) is 19.4 Å². The number of hydrogen-bond donors (Lipinski definition) is 3. The van der Waals surface area contributed by atoms with Gasteiger partial charge in [0.05, 0.1) is 18.8 Å². The summed E-state index contributed by atoms with van der Waals surface area (Å²) in [5.41, 5.74) is 5.28. The van der Waals surface area contributed by atoms with Crippen LogP contribution in [-0.2, 0) is 38.8 Å². The molecule has 3 N–H and O–H groups in total. The van der Waals surface area contributed by atoms with Crippen molar-refractivity contribution in [1.82, 2.24) is 20.4 Å². The lowest BCUT2D eigenvalue weighted by Gasteiger charge is -2.44. The largest absolute Gasteiger partial charge is 0.392 e. The molecule has 0 radical (unpaired) electrons. The van der Waals surface area contributed by atoms with Crippen LogP contribution in [0.15, 0.2) is 78.9 Å². The van der Waals surface area contributed by atoms with E-state index in [1.165, 1.54) is 12.5 Å². The highest BCUT2D eigenvalue weighted by atomic mass is 16.7. The van der Waals surface area contributed by atoms with E-state index in [4.69, 9.17) is 9.47 Å². The normalized spacial score (nSPS) is 21.9. The Balaban J connectivity index is 1.17. The molecular weight excluding hydrogens is 604 g/mol. The maximum atomic E-state index is 12.4. The van der Waals surface area contributed by atoms with Crippen LogP contribution in [0.4, 0.5) is 0 Å². The third kappa shape index (κ3) is 10.7. The standard InChI is InChI=1S/C39H52N4O5/c1-29-36(27-43-23-21-42(22-24-43)26-32-9-5-3-6-10-32)47-39(48-38(29)34-16-14-33(28-44)15-17-34)35-18-12-31(13-19-35)25-41-37(46)11-7-4-8-20-40-30(2)45/h3,5-6,9-10,12-19,29,36,38-39,44H,4,7-8,11,20-28H2,1-2H3,(H,40,45)(H,41,46). The second-order valence-electron chi connectivity index (χ2n) is 13.2. The maximum Gasteiger partial charge on any atom is 0.220 e. The fourth-order valence-corrected chi connectivity index (χ4v) is 6.49. The Labute approximate surface area is 285 Å². The monoisotopic (exact) mass is 656 g/mol. The van der Waals surface area contributed by atoms with Crippen LogP contribution in [0.2, 0.25) is 0 Å². The Bertz CT molecular complexity index is 1410. The number of rotatable bonds is 15. The minimum absolute atomic E-state index is 0.0126. The van der Waals surface area contributed by atoms with Crippen LogP contribution in [0.25, 0.3) is 0 Å². The van der Waals surface area contributed by atoms with E-state index in [0.29, 0.717) is 19.5 Å². The molecule has 9 nitrogen and oxygen atoms in total. The number of ether oxygens (including phenoxy) is 2. The Hall–Kier alpha value is -3.60. The molecule has 0 spiro atoms. The molecule has 0 saturated carbocycles. The molecule has 2 aliphatic heterocycles. The van der Waals surface area contributed by atoms with Gasteiger partial charge in [0.25, 0.3) is 0 Å². The van der Waals surface area contributed by atoms with E-state index in [2.05, 4.69) is 69.8 Å². The van der Waals surface area contributed by atoms with E-state index in [9.17, 15) is 14.7 Å². The zero-order chi connectivity index (χ0) is 33.7. The van der Waals surface area contributed by atoms with Crippen molar-refractivity contribution in [1.29, 1.82) is 0 Å². The molecule has 0 aliphatic carbocycles. The van der Waals surface area contributed by atoms with E-state index in [0.717, 1.165) is 80.8 Å². The van der Waals surface area contributed by atoms with E-state index < -0.39 is 6.29 Å². The molecule has 4 atom stereocenters. The van der Waals surface area contributed by atoms with Gasteiger partial charge in [-0.25, -0.2) is 0 Å². The van der Waals surface area contributed by atoms with E-state index in [-0.39, 0.29) is 36.5 Å². The predicted octanol–water partition coefficient (Wildman–Crippen LogP) is 5.10. The first-order chi connectivity index (χ1) is 23.4. The second-order valence-corrected chi connectivity index (χ2v) is 13.2. The van der Waals surface area contributed by atoms with Gasteiger partial charge in [-0.05, 0) is 35.1 Å². The average Bonchev–Trinajstić information content (AvgIpc) is 3.11.